The van der Waals surface area contributed by atoms with Gasteiger partial charge in [-0.3, -0.25) is 9.52 Å². The van der Waals surface area contributed by atoms with Crippen molar-refractivity contribution in [3.05, 3.63) is 68.3 Å². The summed E-state index contributed by atoms with van der Waals surface area (Å²) >= 11 is 4.18. The van der Waals surface area contributed by atoms with Gasteiger partial charge in [-0.25, -0.2) is 13.2 Å². The molecule has 0 spiro atoms. The summed E-state index contributed by atoms with van der Waals surface area (Å²) in [6.45, 7) is 4.40. The number of halogens is 1. The first-order valence-electron chi connectivity index (χ1n) is 10.5. The van der Waals surface area contributed by atoms with Gasteiger partial charge in [-0.1, -0.05) is 15.9 Å². The third kappa shape index (κ3) is 5.67. The van der Waals surface area contributed by atoms with Crippen molar-refractivity contribution in [2.75, 3.05) is 41.2 Å². The van der Waals surface area contributed by atoms with Crippen LogP contribution in [-0.2, 0) is 14.8 Å². The minimum Gasteiger partial charge on any atom is -0.478 e. The number of carbonyl (C=O) groups excluding carboxylic acids is 1. The number of nitrogens with one attached hydrogen (secondary N) is 2. The number of carbonyl (C=O) groups is 2. The zero-order valence-electron chi connectivity index (χ0n) is 18.6. The van der Waals surface area contributed by atoms with Gasteiger partial charge in [-0.05, 0) is 55.0 Å². The predicted octanol–water partition coefficient (Wildman–Crippen LogP) is 4.41. The van der Waals surface area contributed by atoms with Crippen LogP contribution in [0.4, 0.5) is 17.1 Å². The predicted molar refractivity (Wildman–Crippen MR) is 138 cm³/mol. The lowest BCUT2D eigenvalue weighted by atomic mass is 10.1. The highest BCUT2D eigenvalue weighted by Crippen LogP contribution is 2.30. The Morgan fingerprint density at radius 2 is 1.80 bits per heavy atom. The van der Waals surface area contributed by atoms with E-state index >= 15 is 0 Å². The van der Waals surface area contributed by atoms with Gasteiger partial charge >= 0.3 is 5.97 Å². The van der Waals surface area contributed by atoms with Gasteiger partial charge in [0.1, 0.15) is 4.90 Å². The van der Waals surface area contributed by atoms with Crippen molar-refractivity contribution < 1.29 is 27.9 Å². The monoisotopic (exact) mass is 579 g/mol. The Hall–Kier alpha value is -2.93. The molecule has 1 aromatic heterocycles. The summed E-state index contributed by atoms with van der Waals surface area (Å²) in [7, 11) is -3.95. The highest BCUT2D eigenvalue weighted by atomic mass is 79.9. The van der Waals surface area contributed by atoms with E-state index in [1.54, 1.807) is 25.1 Å². The van der Waals surface area contributed by atoms with Gasteiger partial charge in [0.15, 0.2) is 0 Å². The zero-order valence-corrected chi connectivity index (χ0v) is 21.8. The van der Waals surface area contributed by atoms with Crippen LogP contribution in [0.25, 0.3) is 0 Å². The van der Waals surface area contributed by atoms with E-state index in [0.29, 0.717) is 23.4 Å². The summed E-state index contributed by atoms with van der Waals surface area (Å²) in [4.78, 5) is 26.7. The Bertz CT molecular complexity index is 1370. The number of nitrogens with zero attached hydrogens (tertiary/aromatic N) is 1. The molecule has 1 aliphatic heterocycles. The van der Waals surface area contributed by atoms with Crippen LogP contribution in [-0.4, -0.2) is 51.7 Å². The molecule has 0 unspecified atom stereocenters. The van der Waals surface area contributed by atoms with Crippen molar-refractivity contribution in [2.45, 2.75) is 11.8 Å². The molecule has 1 fully saturated rings. The molecule has 0 saturated carbocycles. The van der Waals surface area contributed by atoms with Crippen LogP contribution in [0, 0.1) is 6.92 Å². The quantitative estimate of drug-likeness (QED) is 0.378. The molecule has 2 heterocycles. The van der Waals surface area contributed by atoms with Crippen LogP contribution in [0.1, 0.15) is 25.6 Å². The largest absolute Gasteiger partial charge is 0.478 e. The summed E-state index contributed by atoms with van der Waals surface area (Å²) in [5.41, 5.74) is 1.69. The van der Waals surface area contributed by atoms with E-state index in [2.05, 4.69) is 30.9 Å². The minimum absolute atomic E-state index is 0.0147. The first-order valence-corrected chi connectivity index (χ1v) is 13.7. The Kier molecular flexibility index (Phi) is 7.45. The van der Waals surface area contributed by atoms with Crippen molar-refractivity contribution in [1.82, 2.24) is 0 Å². The summed E-state index contributed by atoms with van der Waals surface area (Å²) in [5.74, 6) is -1.79. The topological polar surface area (TPSA) is 125 Å². The lowest BCUT2D eigenvalue weighted by Crippen LogP contribution is -2.36. The number of aromatic carboxylic acids is 1. The number of hydrogen-bond donors (Lipinski definition) is 3. The average molecular weight is 580 g/mol. The van der Waals surface area contributed by atoms with Gasteiger partial charge < -0.3 is 20.1 Å². The molecular weight excluding hydrogens is 558 g/mol. The van der Waals surface area contributed by atoms with E-state index in [0.717, 1.165) is 30.1 Å². The normalized spacial score (nSPS) is 13.9. The van der Waals surface area contributed by atoms with Crippen molar-refractivity contribution >= 4 is 66.2 Å². The molecule has 35 heavy (non-hydrogen) atoms. The Morgan fingerprint density at radius 3 is 2.46 bits per heavy atom. The van der Waals surface area contributed by atoms with Crippen molar-refractivity contribution in [3.8, 4) is 0 Å². The fourth-order valence-corrected chi connectivity index (χ4v) is 6.63. The van der Waals surface area contributed by atoms with E-state index in [1.807, 2.05) is 12.1 Å². The molecule has 1 aliphatic rings. The molecule has 0 bridgehead atoms. The first-order chi connectivity index (χ1) is 16.7. The number of carboxylic acids is 1. The second-order valence-electron chi connectivity index (χ2n) is 7.76. The third-order valence-corrected chi connectivity index (χ3v) is 8.68. The van der Waals surface area contributed by atoms with Crippen LogP contribution in [0.3, 0.4) is 0 Å². The number of sulfonamides is 1. The van der Waals surface area contributed by atoms with Gasteiger partial charge in [-0.2, -0.15) is 0 Å². The lowest BCUT2D eigenvalue weighted by Gasteiger charge is -2.28. The Morgan fingerprint density at radius 1 is 1.11 bits per heavy atom. The number of morpholine rings is 1. The number of thiophene rings is 1. The maximum atomic E-state index is 13.0. The van der Waals surface area contributed by atoms with Crippen molar-refractivity contribution in [3.63, 3.8) is 0 Å². The van der Waals surface area contributed by atoms with Crippen LogP contribution in [0.2, 0.25) is 0 Å². The molecule has 0 atom stereocenters. The van der Waals surface area contributed by atoms with Crippen molar-refractivity contribution in [1.29, 1.82) is 0 Å². The molecule has 9 nitrogen and oxygen atoms in total. The van der Waals surface area contributed by atoms with Gasteiger partial charge in [0.25, 0.3) is 15.9 Å². The molecule has 12 heteroatoms. The van der Waals surface area contributed by atoms with Gasteiger partial charge in [-0.15, -0.1) is 11.3 Å². The van der Waals surface area contributed by atoms with Gasteiger partial charge in [0, 0.05) is 34.3 Å². The van der Waals surface area contributed by atoms with E-state index in [1.165, 1.54) is 17.5 Å². The van der Waals surface area contributed by atoms with Crippen LogP contribution < -0.4 is 14.9 Å². The highest BCUT2D eigenvalue weighted by molar-refractivity contribution is 9.10. The molecule has 3 aromatic rings. The number of hydrogen-bond acceptors (Lipinski definition) is 7. The third-order valence-electron chi connectivity index (χ3n) is 5.45. The molecule has 184 valence electrons. The minimum atomic E-state index is -3.95. The second-order valence-corrected chi connectivity index (χ2v) is 11.2. The molecular formula is C23H22BrN3O6S2. The van der Waals surface area contributed by atoms with Crippen LogP contribution in [0.5, 0.6) is 0 Å². The Balaban J connectivity index is 1.50. The first kappa shape index (κ1) is 25.2. The number of benzene rings is 2. The maximum Gasteiger partial charge on any atom is 0.337 e. The number of amides is 1. The maximum absolute atomic E-state index is 13.0. The molecule has 2 aromatic carbocycles. The number of carboxylic acid groups (broad SMARTS) is 1. The summed E-state index contributed by atoms with van der Waals surface area (Å²) in [5, 5.41) is 13.4. The fraction of sp³-hybridized carbons (Fsp3) is 0.217. The van der Waals surface area contributed by atoms with Crippen LogP contribution in [0.15, 0.2) is 57.2 Å². The summed E-state index contributed by atoms with van der Waals surface area (Å²) in [6, 6.07) is 11.5. The van der Waals surface area contributed by atoms with E-state index in [4.69, 9.17) is 4.74 Å². The van der Waals surface area contributed by atoms with Crippen LogP contribution >= 0.6 is 27.3 Å². The lowest BCUT2D eigenvalue weighted by molar-refractivity contribution is 0.0698. The SMILES string of the molecule is Cc1c(S(=O)(=O)Nc2ccc(N3CCOCC3)cc2)csc1C(=O)Nc1ccc(Br)cc1C(=O)O. The zero-order chi connectivity index (χ0) is 25.2. The molecule has 0 aliphatic carbocycles. The summed E-state index contributed by atoms with van der Waals surface area (Å²) < 4.78 is 34.5. The van der Waals surface area contributed by atoms with E-state index in [-0.39, 0.29) is 26.6 Å². The molecule has 0 radical (unpaired) electrons. The number of anilines is 3. The second kappa shape index (κ2) is 10.4. The van der Waals surface area contributed by atoms with Gasteiger partial charge in [0.2, 0.25) is 0 Å². The molecule has 1 amide bonds. The smallest absolute Gasteiger partial charge is 0.337 e. The molecule has 1 saturated heterocycles. The highest BCUT2D eigenvalue weighted by Gasteiger charge is 2.25. The average Bonchev–Trinajstić information content (AvgIpc) is 3.23. The number of rotatable bonds is 7. The molecule has 4 rings (SSSR count). The van der Waals surface area contributed by atoms with Crippen molar-refractivity contribution in [2.24, 2.45) is 0 Å². The Labute approximate surface area is 214 Å². The van der Waals surface area contributed by atoms with Gasteiger partial charge in [0.05, 0.1) is 29.3 Å². The number of ether oxygens (including phenoxy) is 1. The standard InChI is InChI=1S/C23H22BrN3O6S2/c1-14-20(13-34-21(14)22(28)25-19-7-2-15(24)12-18(19)23(29)30)35(31,32)26-16-3-5-17(6-4-16)27-8-10-33-11-9-27/h2-7,12-13,26H,8-11H2,1H3,(H,25,28)(H,29,30). The van der Waals surface area contributed by atoms with E-state index < -0.39 is 21.9 Å². The van der Waals surface area contributed by atoms with E-state index in [9.17, 15) is 23.1 Å². The molecule has 3 N–H and O–H groups in total. The fourth-order valence-electron chi connectivity index (χ4n) is 3.64. The summed E-state index contributed by atoms with van der Waals surface area (Å²) in [6.07, 6.45) is 0.